The van der Waals surface area contributed by atoms with Gasteiger partial charge in [0.1, 0.15) is 0 Å². The lowest BCUT2D eigenvalue weighted by Crippen LogP contribution is -2.37. The summed E-state index contributed by atoms with van der Waals surface area (Å²) in [4.78, 5) is 35.2. The third kappa shape index (κ3) is 7.59. The zero-order chi connectivity index (χ0) is 23.5. The van der Waals surface area contributed by atoms with Crippen molar-refractivity contribution in [2.24, 2.45) is 5.10 Å². The summed E-state index contributed by atoms with van der Waals surface area (Å²) < 4.78 is 11.2. The molecule has 0 spiro atoms. The number of hydrogen-bond donors (Lipinski definition) is 3. The Labute approximate surface area is 191 Å². The number of anilines is 1. The number of nitrogens with zero attached hydrogens (tertiary/aromatic N) is 1. The minimum atomic E-state index is -0.890. The largest absolute Gasteiger partial charge is 0.490 e. The van der Waals surface area contributed by atoms with Crippen LogP contribution in [0.5, 0.6) is 11.5 Å². The Bertz CT molecular complexity index is 993. The zero-order valence-corrected chi connectivity index (χ0v) is 18.8. The molecule has 0 radical (unpaired) electrons. The van der Waals surface area contributed by atoms with E-state index in [1.807, 2.05) is 19.1 Å². The first kappa shape index (κ1) is 24.7. The third-order valence-electron chi connectivity index (χ3n) is 3.94. The Morgan fingerprint density at radius 2 is 1.78 bits per heavy atom. The summed E-state index contributed by atoms with van der Waals surface area (Å²) in [6.07, 6.45) is 1.30. The van der Waals surface area contributed by atoms with Gasteiger partial charge < -0.3 is 20.1 Å². The number of hydrazone groups is 1. The highest BCUT2D eigenvalue weighted by Gasteiger charge is 2.15. The molecule has 0 saturated carbocycles. The van der Waals surface area contributed by atoms with Crippen LogP contribution in [-0.2, 0) is 14.4 Å². The van der Waals surface area contributed by atoms with E-state index in [1.165, 1.54) is 12.3 Å². The first-order chi connectivity index (χ1) is 15.3. The quantitative estimate of drug-likeness (QED) is 0.302. The summed E-state index contributed by atoms with van der Waals surface area (Å²) in [5, 5.41) is 9.03. The molecule has 0 unspecified atom stereocenters. The van der Waals surface area contributed by atoms with E-state index in [1.54, 1.807) is 32.0 Å². The van der Waals surface area contributed by atoms with E-state index in [2.05, 4.69) is 21.2 Å². The maximum atomic E-state index is 12.2. The minimum absolute atomic E-state index is 0.190. The van der Waals surface area contributed by atoms with Crippen LogP contribution in [0.15, 0.2) is 41.5 Å². The minimum Gasteiger partial charge on any atom is -0.490 e. The number of amides is 3. The summed E-state index contributed by atoms with van der Waals surface area (Å²) in [6, 6.07) is 10.5. The van der Waals surface area contributed by atoms with E-state index in [9.17, 15) is 14.4 Å². The highest BCUT2D eigenvalue weighted by Crippen LogP contribution is 2.36. The van der Waals surface area contributed by atoms with Crippen molar-refractivity contribution in [1.29, 1.82) is 0 Å². The van der Waals surface area contributed by atoms with Crippen molar-refractivity contribution in [3.63, 3.8) is 0 Å². The number of benzene rings is 2. The molecule has 0 fully saturated rings. The number of ether oxygens (including phenoxy) is 2. The lowest BCUT2D eigenvalue weighted by Gasteiger charge is -2.14. The van der Waals surface area contributed by atoms with Gasteiger partial charge in [0.2, 0.25) is 0 Å². The van der Waals surface area contributed by atoms with Crippen LogP contribution in [0.3, 0.4) is 0 Å². The van der Waals surface area contributed by atoms with E-state index in [0.717, 1.165) is 5.56 Å². The third-order valence-corrected chi connectivity index (χ3v) is 4.22. The zero-order valence-electron chi connectivity index (χ0n) is 18.0. The molecular formula is C22H25ClN4O5. The summed E-state index contributed by atoms with van der Waals surface area (Å²) in [7, 11) is 0. The van der Waals surface area contributed by atoms with Crippen molar-refractivity contribution in [2.75, 3.05) is 25.1 Å². The van der Waals surface area contributed by atoms with Gasteiger partial charge in [-0.1, -0.05) is 29.3 Å². The molecule has 0 aliphatic rings. The van der Waals surface area contributed by atoms with Crippen LogP contribution >= 0.6 is 11.6 Å². The highest BCUT2D eigenvalue weighted by atomic mass is 35.5. The van der Waals surface area contributed by atoms with Crippen molar-refractivity contribution < 1.29 is 23.9 Å². The van der Waals surface area contributed by atoms with Gasteiger partial charge in [-0.3, -0.25) is 14.4 Å². The molecule has 0 saturated heterocycles. The summed E-state index contributed by atoms with van der Waals surface area (Å²) >= 11 is 6.31. The first-order valence-electron chi connectivity index (χ1n) is 9.90. The van der Waals surface area contributed by atoms with Crippen LogP contribution in [0, 0.1) is 6.92 Å². The van der Waals surface area contributed by atoms with Gasteiger partial charge in [-0.15, -0.1) is 0 Å². The Balaban J connectivity index is 2.05. The van der Waals surface area contributed by atoms with Crippen LogP contribution in [0.2, 0.25) is 5.02 Å². The van der Waals surface area contributed by atoms with Gasteiger partial charge in [-0.2, -0.15) is 5.10 Å². The Morgan fingerprint density at radius 3 is 2.44 bits per heavy atom. The fourth-order valence-electron chi connectivity index (χ4n) is 2.49. The predicted molar refractivity (Wildman–Crippen MR) is 122 cm³/mol. The monoisotopic (exact) mass is 460 g/mol. The van der Waals surface area contributed by atoms with E-state index in [4.69, 9.17) is 21.1 Å². The average molecular weight is 461 g/mol. The van der Waals surface area contributed by atoms with E-state index >= 15 is 0 Å². The van der Waals surface area contributed by atoms with Gasteiger partial charge in [-0.05, 0) is 50.6 Å². The van der Waals surface area contributed by atoms with Crippen LogP contribution in [-0.4, -0.2) is 43.7 Å². The molecule has 2 rings (SSSR count). The second-order valence-electron chi connectivity index (χ2n) is 6.52. The number of rotatable bonds is 9. The van der Waals surface area contributed by atoms with Crippen molar-refractivity contribution >= 4 is 41.2 Å². The molecule has 0 bridgehead atoms. The smallest absolute Gasteiger partial charge is 0.329 e. The van der Waals surface area contributed by atoms with Crippen molar-refractivity contribution in [2.45, 2.75) is 20.8 Å². The summed E-state index contributed by atoms with van der Waals surface area (Å²) in [5.41, 5.74) is 4.35. The molecule has 0 heterocycles. The van der Waals surface area contributed by atoms with Gasteiger partial charge in [0.25, 0.3) is 5.91 Å². The molecule has 3 N–H and O–H groups in total. The number of likely N-dealkylation sites (N-methyl/N-ethyl adjacent to an activating group) is 1. The van der Waals surface area contributed by atoms with Gasteiger partial charge in [0.15, 0.2) is 18.1 Å². The average Bonchev–Trinajstić information content (AvgIpc) is 2.75. The number of carbonyl (C=O) groups excluding carboxylic acids is 3. The first-order valence-corrected chi connectivity index (χ1v) is 10.3. The van der Waals surface area contributed by atoms with Gasteiger partial charge in [0.05, 0.1) is 17.8 Å². The standard InChI is InChI=1S/C22H25ClN4O5/c1-4-24-21(29)22(30)27-25-12-15-10-17(23)20(18(11-15)31-5-2)32-13-19(28)26-16-8-6-14(3)7-9-16/h6-12H,4-5,13H2,1-3H3,(H,24,29)(H,26,28)(H,27,30)/b25-12-. The molecule has 2 aromatic carbocycles. The SMILES string of the molecule is CCNC(=O)C(=O)N/N=C\c1cc(Cl)c(OCC(=O)Nc2ccc(C)cc2)c(OCC)c1. The number of hydrogen-bond acceptors (Lipinski definition) is 6. The van der Waals surface area contributed by atoms with E-state index < -0.39 is 11.8 Å². The van der Waals surface area contributed by atoms with E-state index in [-0.39, 0.29) is 23.3 Å². The molecule has 10 heteroatoms. The molecule has 9 nitrogen and oxygen atoms in total. The van der Waals surface area contributed by atoms with Gasteiger partial charge in [0, 0.05) is 12.2 Å². The number of aryl methyl sites for hydroxylation is 1. The van der Waals surface area contributed by atoms with Crippen molar-refractivity contribution in [3.05, 3.63) is 52.5 Å². The Morgan fingerprint density at radius 1 is 1.06 bits per heavy atom. The Kier molecular flexibility index (Phi) is 9.49. The molecule has 0 aliphatic heterocycles. The van der Waals surface area contributed by atoms with Crippen molar-refractivity contribution in [3.8, 4) is 11.5 Å². The van der Waals surface area contributed by atoms with Crippen LogP contribution in [0.25, 0.3) is 0 Å². The fraction of sp³-hybridized carbons (Fsp3) is 0.273. The lowest BCUT2D eigenvalue weighted by molar-refractivity contribution is -0.139. The molecule has 170 valence electrons. The maximum Gasteiger partial charge on any atom is 0.329 e. The normalized spacial score (nSPS) is 10.5. The lowest BCUT2D eigenvalue weighted by atomic mass is 10.2. The van der Waals surface area contributed by atoms with Crippen LogP contribution in [0.1, 0.15) is 25.0 Å². The molecular weight excluding hydrogens is 436 g/mol. The molecule has 2 aromatic rings. The molecule has 0 aromatic heterocycles. The van der Waals surface area contributed by atoms with Gasteiger partial charge in [-0.25, -0.2) is 5.43 Å². The van der Waals surface area contributed by atoms with Crippen LogP contribution in [0.4, 0.5) is 5.69 Å². The Hall–Kier alpha value is -3.59. The van der Waals surface area contributed by atoms with Crippen LogP contribution < -0.4 is 25.5 Å². The molecule has 32 heavy (non-hydrogen) atoms. The van der Waals surface area contributed by atoms with E-state index in [0.29, 0.717) is 30.2 Å². The number of halogens is 1. The topological polar surface area (TPSA) is 118 Å². The second-order valence-corrected chi connectivity index (χ2v) is 6.93. The second kappa shape index (κ2) is 12.3. The van der Waals surface area contributed by atoms with Crippen molar-refractivity contribution in [1.82, 2.24) is 10.7 Å². The molecule has 3 amide bonds. The predicted octanol–water partition coefficient (Wildman–Crippen LogP) is 2.65. The highest BCUT2D eigenvalue weighted by molar-refractivity contribution is 6.35. The summed E-state index contributed by atoms with van der Waals surface area (Å²) in [5.74, 6) is -1.52. The number of nitrogens with one attached hydrogen (secondary N) is 3. The molecule has 0 aliphatic carbocycles. The maximum absolute atomic E-state index is 12.2. The fourth-order valence-corrected chi connectivity index (χ4v) is 2.77. The molecule has 0 atom stereocenters. The summed E-state index contributed by atoms with van der Waals surface area (Å²) in [6.45, 7) is 5.82. The van der Waals surface area contributed by atoms with Gasteiger partial charge >= 0.3 is 11.8 Å². The number of carbonyl (C=O) groups is 3.